The highest BCUT2D eigenvalue weighted by atomic mass is 32.2. The van der Waals surface area contributed by atoms with E-state index in [0.29, 0.717) is 17.1 Å². The third-order valence-electron chi connectivity index (χ3n) is 3.58. The van der Waals surface area contributed by atoms with Crippen LogP contribution in [0.1, 0.15) is 15.9 Å². The van der Waals surface area contributed by atoms with Crippen LogP contribution in [0.5, 0.6) is 11.5 Å². The first kappa shape index (κ1) is 21.4. The minimum Gasteiger partial charge on any atom is -0.493 e. The number of benzene rings is 2. The molecule has 152 valence electrons. The summed E-state index contributed by atoms with van der Waals surface area (Å²) in [6, 6.07) is 9.74. The molecule has 0 saturated carbocycles. The summed E-state index contributed by atoms with van der Waals surface area (Å²) in [5, 5.41) is 2.59. The molecule has 0 fully saturated rings. The highest BCUT2D eigenvalue weighted by Gasteiger charge is 2.46. The molecule has 28 heavy (non-hydrogen) atoms. The Bertz CT molecular complexity index is 962. The second-order valence-corrected chi connectivity index (χ2v) is 7.18. The number of hydrogen-bond acceptors (Lipinski definition) is 5. The van der Waals surface area contributed by atoms with Crippen molar-refractivity contribution in [2.24, 2.45) is 0 Å². The molecule has 0 heterocycles. The number of carbonyl (C=O) groups excluding carboxylic acids is 1. The van der Waals surface area contributed by atoms with Crippen LogP contribution in [0.15, 0.2) is 42.5 Å². The van der Waals surface area contributed by atoms with Gasteiger partial charge in [-0.2, -0.15) is 21.6 Å². The third kappa shape index (κ3) is 5.06. The van der Waals surface area contributed by atoms with Gasteiger partial charge in [-0.25, -0.2) is 0 Å². The van der Waals surface area contributed by atoms with Crippen LogP contribution in [0.25, 0.3) is 0 Å². The van der Waals surface area contributed by atoms with Crippen molar-refractivity contribution < 1.29 is 35.9 Å². The van der Waals surface area contributed by atoms with Gasteiger partial charge in [0.15, 0.2) is 11.5 Å². The summed E-state index contributed by atoms with van der Waals surface area (Å²) < 4.78 is 71.4. The topological polar surface area (TPSA) is 93.7 Å². The van der Waals surface area contributed by atoms with Gasteiger partial charge in [0.1, 0.15) is 0 Å². The summed E-state index contributed by atoms with van der Waals surface area (Å²) >= 11 is 0. The van der Waals surface area contributed by atoms with Gasteiger partial charge >= 0.3 is 15.5 Å². The van der Waals surface area contributed by atoms with E-state index in [4.69, 9.17) is 9.47 Å². The molecule has 7 nitrogen and oxygen atoms in total. The van der Waals surface area contributed by atoms with E-state index in [0.717, 1.165) is 12.1 Å². The number of amides is 1. The highest BCUT2D eigenvalue weighted by molar-refractivity contribution is 7.93. The zero-order chi connectivity index (χ0) is 20.9. The Morgan fingerprint density at radius 1 is 1.04 bits per heavy atom. The maximum absolute atomic E-state index is 12.5. The van der Waals surface area contributed by atoms with Crippen LogP contribution < -0.4 is 19.5 Å². The number of sulfonamides is 1. The molecular formula is C17H17F3N2O5S. The highest BCUT2D eigenvalue weighted by Crippen LogP contribution is 2.28. The van der Waals surface area contributed by atoms with Crippen molar-refractivity contribution >= 4 is 21.6 Å². The fourth-order valence-corrected chi connectivity index (χ4v) is 2.76. The fourth-order valence-electron chi connectivity index (χ4n) is 2.21. The second-order valence-electron chi connectivity index (χ2n) is 5.50. The first-order valence-corrected chi connectivity index (χ1v) is 9.24. The third-order valence-corrected chi connectivity index (χ3v) is 4.70. The van der Waals surface area contributed by atoms with Crippen LogP contribution in [0.2, 0.25) is 0 Å². The predicted octanol–water partition coefficient (Wildman–Crippen LogP) is 2.90. The van der Waals surface area contributed by atoms with Crippen LogP contribution in [0.4, 0.5) is 18.9 Å². The molecule has 0 aliphatic carbocycles. The number of rotatable bonds is 7. The Kier molecular flexibility index (Phi) is 6.39. The van der Waals surface area contributed by atoms with E-state index in [9.17, 15) is 26.4 Å². The molecule has 0 saturated heterocycles. The van der Waals surface area contributed by atoms with Gasteiger partial charge in [-0.15, -0.1) is 0 Å². The Hall–Kier alpha value is -2.95. The number of ether oxygens (including phenoxy) is 2. The molecule has 0 aliphatic rings. The minimum absolute atomic E-state index is 0.0112. The molecule has 0 unspecified atom stereocenters. The number of carbonyl (C=O) groups is 1. The maximum Gasteiger partial charge on any atom is 0.516 e. The fraction of sp³-hybridized carbons (Fsp3) is 0.235. The molecule has 2 rings (SSSR count). The number of alkyl halides is 3. The van der Waals surface area contributed by atoms with Gasteiger partial charge in [0, 0.05) is 17.8 Å². The molecule has 1 amide bonds. The summed E-state index contributed by atoms with van der Waals surface area (Å²) in [5.41, 5.74) is -5.16. The molecule has 11 heteroatoms. The number of nitrogens with one attached hydrogen (secondary N) is 2. The Morgan fingerprint density at radius 3 is 2.32 bits per heavy atom. The van der Waals surface area contributed by atoms with Crippen LogP contribution in [-0.4, -0.2) is 34.1 Å². The minimum atomic E-state index is -5.57. The van der Waals surface area contributed by atoms with E-state index in [2.05, 4.69) is 5.32 Å². The van der Waals surface area contributed by atoms with Crippen molar-refractivity contribution in [3.8, 4) is 11.5 Å². The quantitative estimate of drug-likeness (QED) is 0.721. The van der Waals surface area contributed by atoms with E-state index in [-0.39, 0.29) is 17.8 Å². The van der Waals surface area contributed by atoms with Crippen LogP contribution >= 0.6 is 0 Å². The summed E-state index contributed by atoms with van der Waals surface area (Å²) in [6.07, 6.45) is 0. The number of hydrogen-bond donors (Lipinski definition) is 2. The Labute approximate surface area is 159 Å². The predicted molar refractivity (Wildman–Crippen MR) is 95.8 cm³/mol. The van der Waals surface area contributed by atoms with Crippen molar-refractivity contribution in [1.82, 2.24) is 5.32 Å². The zero-order valence-corrected chi connectivity index (χ0v) is 15.6. The van der Waals surface area contributed by atoms with Crippen molar-refractivity contribution in [3.63, 3.8) is 0 Å². The Morgan fingerprint density at radius 2 is 1.71 bits per heavy atom. The van der Waals surface area contributed by atoms with E-state index >= 15 is 0 Å². The van der Waals surface area contributed by atoms with Crippen molar-refractivity contribution in [2.45, 2.75) is 12.1 Å². The molecule has 2 aromatic carbocycles. The van der Waals surface area contributed by atoms with Gasteiger partial charge in [-0.1, -0.05) is 12.1 Å². The summed E-state index contributed by atoms with van der Waals surface area (Å²) in [6.45, 7) is 0.109. The molecule has 0 bridgehead atoms. The Balaban J connectivity index is 2.09. The maximum atomic E-state index is 12.5. The monoisotopic (exact) mass is 418 g/mol. The second kappa shape index (κ2) is 8.38. The van der Waals surface area contributed by atoms with Crippen LogP contribution in [0.3, 0.4) is 0 Å². The average molecular weight is 418 g/mol. The standard InChI is InChI=1S/C17H17F3N2O5S/c1-26-14-7-6-11(8-15(14)27-2)10-21-16(23)12-4-3-5-13(9-12)22-28(24,25)17(18,19)20/h3-9,22H,10H2,1-2H3,(H,21,23). The normalized spacial score (nSPS) is 11.6. The zero-order valence-electron chi connectivity index (χ0n) is 14.8. The lowest BCUT2D eigenvalue weighted by Crippen LogP contribution is -2.30. The lowest BCUT2D eigenvalue weighted by atomic mass is 10.1. The van der Waals surface area contributed by atoms with E-state index in [1.54, 1.807) is 18.2 Å². The number of halogens is 3. The molecule has 0 aliphatic heterocycles. The molecule has 0 aromatic heterocycles. The van der Waals surface area contributed by atoms with E-state index < -0.39 is 21.4 Å². The van der Waals surface area contributed by atoms with Gasteiger partial charge in [0.2, 0.25) is 0 Å². The van der Waals surface area contributed by atoms with Gasteiger partial charge in [-0.05, 0) is 35.9 Å². The van der Waals surface area contributed by atoms with E-state index in [1.165, 1.54) is 31.1 Å². The molecule has 0 radical (unpaired) electrons. The molecule has 2 aromatic rings. The first-order valence-electron chi connectivity index (χ1n) is 7.75. The van der Waals surface area contributed by atoms with Gasteiger partial charge < -0.3 is 14.8 Å². The van der Waals surface area contributed by atoms with Crippen LogP contribution in [0, 0.1) is 0 Å². The van der Waals surface area contributed by atoms with E-state index in [1.807, 2.05) is 0 Å². The lowest BCUT2D eigenvalue weighted by Gasteiger charge is -2.12. The van der Waals surface area contributed by atoms with Gasteiger partial charge in [-0.3, -0.25) is 9.52 Å². The molecule has 0 spiro atoms. The largest absolute Gasteiger partial charge is 0.516 e. The molecular weight excluding hydrogens is 401 g/mol. The van der Waals surface area contributed by atoms with Gasteiger partial charge in [0.05, 0.1) is 14.2 Å². The van der Waals surface area contributed by atoms with Gasteiger partial charge in [0.25, 0.3) is 5.91 Å². The lowest BCUT2D eigenvalue weighted by molar-refractivity contribution is -0.0429. The SMILES string of the molecule is COc1ccc(CNC(=O)c2cccc(NS(=O)(=O)C(F)(F)F)c2)cc1OC. The van der Waals surface area contributed by atoms with Crippen LogP contribution in [-0.2, 0) is 16.6 Å². The number of anilines is 1. The smallest absolute Gasteiger partial charge is 0.493 e. The van der Waals surface area contributed by atoms with Crippen molar-refractivity contribution in [2.75, 3.05) is 18.9 Å². The van der Waals surface area contributed by atoms with Crippen molar-refractivity contribution in [1.29, 1.82) is 0 Å². The average Bonchev–Trinajstić information content (AvgIpc) is 2.64. The molecule has 0 atom stereocenters. The number of methoxy groups -OCH3 is 2. The summed E-state index contributed by atoms with van der Waals surface area (Å²) in [5.74, 6) is 0.392. The van der Waals surface area contributed by atoms with Crippen molar-refractivity contribution in [3.05, 3.63) is 53.6 Å². The first-order chi connectivity index (χ1) is 13.1. The molecule has 2 N–H and O–H groups in total. The summed E-state index contributed by atoms with van der Waals surface area (Å²) in [4.78, 5) is 12.2. The summed E-state index contributed by atoms with van der Waals surface area (Å²) in [7, 11) is -2.62.